The van der Waals surface area contributed by atoms with Crippen LogP contribution in [0.1, 0.15) is 52.9 Å². The number of hydrogen-bond donors (Lipinski definition) is 0. The van der Waals surface area contributed by atoms with E-state index in [1.807, 2.05) is 0 Å². The molecule has 1 heteroatoms. The maximum absolute atomic E-state index is 12.4. The molecule has 0 N–H and O–H groups in total. The van der Waals surface area contributed by atoms with E-state index >= 15 is 0 Å². The quantitative estimate of drug-likeness (QED) is 0.611. The Kier molecular flexibility index (Phi) is 2.98. The molecular weight excluding hydrogens is 196 g/mol. The van der Waals surface area contributed by atoms with Crippen LogP contribution in [-0.4, -0.2) is 5.78 Å². The predicted octanol–water partition coefficient (Wildman–Crippen LogP) is 3.98. The number of carbonyl (C=O) groups is 1. The summed E-state index contributed by atoms with van der Waals surface area (Å²) in [6, 6.07) is 0. The minimum absolute atomic E-state index is 0.266. The highest BCUT2D eigenvalue weighted by molar-refractivity contribution is 5.97. The average molecular weight is 220 g/mol. The summed E-state index contributed by atoms with van der Waals surface area (Å²) >= 11 is 0. The van der Waals surface area contributed by atoms with Crippen LogP contribution in [0, 0.1) is 23.2 Å². The Morgan fingerprint density at radius 3 is 2.69 bits per heavy atom. The number of Topliss-reactive ketones (excluding diaryl/α,β-unsaturated/α-hetero) is 1. The maximum Gasteiger partial charge on any atom is 0.162 e. The van der Waals surface area contributed by atoms with Gasteiger partial charge >= 0.3 is 0 Å². The highest BCUT2D eigenvalue weighted by atomic mass is 16.1. The fourth-order valence-corrected chi connectivity index (χ4v) is 3.89. The van der Waals surface area contributed by atoms with Crippen molar-refractivity contribution < 1.29 is 4.79 Å². The normalized spacial score (nSPS) is 40.0. The molecular formula is C15H24O. The van der Waals surface area contributed by atoms with Gasteiger partial charge < -0.3 is 0 Å². The van der Waals surface area contributed by atoms with Crippen molar-refractivity contribution in [3.05, 3.63) is 12.2 Å². The zero-order chi connectivity index (χ0) is 11.9. The van der Waals surface area contributed by atoms with Crippen molar-refractivity contribution in [3.8, 4) is 0 Å². The summed E-state index contributed by atoms with van der Waals surface area (Å²) in [6.07, 6.45) is 5.77. The molecule has 2 fully saturated rings. The molecule has 1 nitrogen and oxygen atoms in total. The molecule has 0 heterocycles. The molecule has 2 rings (SSSR count). The Bertz CT molecular complexity index is 315. The summed E-state index contributed by atoms with van der Waals surface area (Å²) in [5.74, 6) is 1.87. The summed E-state index contributed by atoms with van der Waals surface area (Å²) in [6.45, 7) is 10.8. The van der Waals surface area contributed by atoms with Crippen molar-refractivity contribution in [2.45, 2.75) is 52.9 Å². The Labute approximate surface area is 99.3 Å². The molecule has 90 valence electrons. The molecule has 2 aliphatic carbocycles. The van der Waals surface area contributed by atoms with Crippen LogP contribution in [0.4, 0.5) is 0 Å². The third kappa shape index (κ3) is 1.74. The zero-order valence-corrected chi connectivity index (χ0v) is 10.9. The lowest BCUT2D eigenvalue weighted by atomic mass is 9.70. The minimum atomic E-state index is 0.266. The fourth-order valence-electron chi connectivity index (χ4n) is 3.89. The van der Waals surface area contributed by atoms with Crippen LogP contribution in [0.3, 0.4) is 0 Å². The second-order valence-electron chi connectivity index (χ2n) is 6.40. The Morgan fingerprint density at radius 1 is 1.38 bits per heavy atom. The SMILES string of the molecule is C=C1CCC[C@@]2(C)CC[C@@H](C(C)C)[C@H]2C1=O. The van der Waals surface area contributed by atoms with Gasteiger partial charge in [-0.15, -0.1) is 0 Å². The molecule has 0 aliphatic heterocycles. The first-order valence-corrected chi connectivity index (χ1v) is 6.68. The highest BCUT2D eigenvalue weighted by Crippen LogP contribution is 2.54. The summed E-state index contributed by atoms with van der Waals surface area (Å²) < 4.78 is 0. The van der Waals surface area contributed by atoms with Crippen LogP contribution < -0.4 is 0 Å². The predicted molar refractivity (Wildman–Crippen MR) is 67.2 cm³/mol. The Hall–Kier alpha value is -0.590. The number of ketones is 1. The van der Waals surface area contributed by atoms with Crippen molar-refractivity contribution >= 4 is 5.78 Å². The van der Waals surface area contributed by atoms with E-state index in [0.29, 0.717) is 17.6 Å². The van der Waals surface area contributed by atoms with E-state index in [-0.39, 0.29) is 11.3 Å². The molecule has 2 aliphatic rings. The van der Waals surface area contributed by atoms with E-state index in [0.717, 1.165) is 18.4 Å². The largest absolute Gasteiger partial charge is 0.294 e. The van der Waals surface area contributed by atoms with Gasteiger partial charge in [-0.05, 0) is 54.9 Å². The van der Waals surface area contributed by atoms with E-state index < -0.39 is 0 Å². The van der Waals surface area contributed by atoms with E-state index in [2.05, 4.69) is 27.4 Å². The van der Waals surface area contributed by atoms with Crippen LogP contribution in [0.25, 0.3) is 0 Å². The standard InChI is InChI=1S/C15H24O/c1-10(2)12-7-9-15(4)8-5-6-11(3)14(16)13(12)15/h10,12-13H,3,5-9H2,1-2,4H3/t12-,13-,15-/m0/s1. The molecule has 0 aromatic heterocycles. The van der Waals surface area contributed by atoms with Crippen LogP contribution in [0.15, 0.2) is 12.2 Å². The van der Waals surface area contributed by atoms with Gasteiger partial charge in [0, 0.05) is 5.92 Å². The molecule has 0 radical (unpaired) electrons. The van der Waals surface area contributed by atoms with Gasteiger partial charge in [0.15, 0.2) is 5.78 Å². The van der Waals surface area contributed by atoms with Crippen molar-refractivity contribution in [1.29, 1.82) is 0 Å². The molecule has 0 aromatic rings. The Morgan fingerprint density at radius 2 is 2.06 bits per heavy atom. The minimum Gasteiger partial charge on any atom is -0.294 e. The molecule has 0 amide bonds. The summed E-state index contributed by atoms with van der Waals surface area (Å²) in [4.78, 5) is 12.4. The first-order chi connectivity index (χ1) is 7.46. The van der Waals surface area contributed by atoms with Crippen LogP contribution in [0.2, 0.25) is 0 Å². The third-order valence-electron chi connectivity index (χ3n) is 4.94. The molecule has 2 saturated carbocycles. The maximum atomic E-state index is 12.4. The van der Waals surface area contributed by atoms with Gasteiger partial charge in [0.1, 0.15) is 0 Å². The van der Waals surface area contributed by atoms with E-state index in [1.54, 1.807) is 0 Å². The molecule has 0 unspecified atom stereocenters. The second-order valence-corrected chi connectivity index (χ2v) is 6.40. The van der Waals surface area contributed by atoms with Gasteiger partial charge in [0.05, 0.1) is 0 Å². The number of rotatable bonds is 1. The van der Waals surface area contributed by atoms with Gasteiger partial charge in [0.2, 0.25) is 0 Å². The number of allylic oxidation sites excluding steroid dienone is 1. The van der Waals surface area contributed by atoms with Gasteiger partial charge in [0.25, 0.3) is 0 Å². The first-order valence-electron chi connectivity index (χ1n) is 6.68. The van der Waals surface area contributed by atoms with E-state index in [4.69, 9.17) is 0 Å². The van der Waals surface area contributed by atoms with E-state index in [9.17, 15) is 4.79 Å². The zero-order valence-electron chi connectivity index (χ0n) is 10.9. The van der Waals surface area contributed by atoms with Crippen LogP contribution in [0.5, 0.6) is 0 Å². The molecule has 0 spiro atoms. The molecule has 3 atom stereocenters. The molecule has 16 heavy (non-hydrogen) atoms. The lowest BCUT2D eigenvalue weighted by Crippen LogP contribution is -2.33. The van der Waals surface area contributed by atoms with Crippen molar-refractivity contribution in [3.63, 3.8) is 0 Å². The summed E-state index contributed by atoms with van der Waals surface area (Å²) in [5, 5.41) is 0. The topological polar surface area (TPSA) is 17.1 Å². The van der Waals surface area contributed by atoms with Gasteiger partial charge in [-0.3, -0.25) is 4.79 Å². The number of hydrogen-bond acceptors (Lipinski definition) is 1. The second kappa shape index (κ2) is 4.01. The smallest absolute Gasteiger partial charge is 0.162 e. The molecule has 0 saturated heterocycles. The first kappa shape index (κ1) is 11.9. The van der Waals surface area contributed by atoms with E-state index in [1.165, 1.54) is 19.3 Å². The van der Waals surface area contributed by atoms with Crippen LogP contribution >= 0.6 is 0 Å². The van der Waals surface area contributed by atoms with Crippen molar-refractivity contribution in [2.24, 2.45) is 23.2 Å². The van der Waals surface area contributed by atoms with Gasteiger partial charge in [-0.2, -0.15) is 0 Å². The van der Waals surface area contributed by atoms with Crippen molar-refractivity contribution in [1.82, 2.24) is 0 Å². The lowest BCUT2D eigenvalue weighted by Gasteiger charge is -2.32. The lowest BCUT2D eigenvalue weighted by molar-refractivity contribution is -0.123. The highest BCUT2D eigenvalue weighted by Gasteiger charge is 2.50. The van der Waals surface area contributed by atoms with Gasteiger partial charge in [-0.25, -0.2) is 0 Å². The summed E-state index contributed by atoms with van der Waals surface area (Å²) in [7, 11) is 0. The summed E-state index contributed by atoms with van der Waals surface area (Å²) in [5.41, 5.74) is 1.16. The number of carbonyl (C=O) groups excluding carboxylic acids is 1. The average Bonchev–Trinajstić information content (AvgIpc) is 2.50. The van der Waals surface area contributed by atoms with Crippen LogP contribution in [-0.2, 0) is 4.79 Å². The fraction of sp³-hybridized carbons (Fsp3) is 0.800. The molecule has 0 aromatic carbocycles. The number of fused-ring (bicyclic) bond motifs is 1. The third-order valence-corrected chi connectivity index (χ3v) is 4.94. The van der Waals surface area contributed by atoms with Crippen molar-refractivity contribution in [2.75, 3.05) is 0 Å². The van der Waals surface area contributed by atoms with Gasteiger partial charge in [-0.1, -0.05) is 27.4 Å². The Balaban J connectivity index is 2.34. The molecule has 0 bridgehead atoms. The monoisotopic (exact) mass is 220 g/mol.